The van der Waals surface area contributed by atoms with Crippen molar-refractivity contribution in [2.45, 2.75) is 18.0 Å². The molecular weight excluding hydrogens is 512 g/mol. The Bertz CT molecular complexity index is 1610. The Labute approximate surface area is 219 Å². The molecule has 1 N–H and O–H groups in total. The minimum Gasteiger partial charge on any atom is -0.305 e. The number of sulfone groups is 1. The van der Waals surface area contributed by atoms with E-state index in [1.165, 1.54) is 6.26 Å². The zero-order valence-corrected chi connectivity index (χ0v) is 21.8. The van der Waals surface area contributed by atoms with Gasteiger partial charge in [0.25, 0.3) is 0 Å². The molecule has 3 aromatic heterocycles. The maximum Gasteiger partial charge on any atom is 0.175 e. The fraction of sp³-hybridized carbons (Fsp3) is 0.111. The highest BCUT2D eigenvalue weighted by atomic mass is 35.5. The molecule has 0 fully saturated rings. The van der Waals surface area contributed by atoms with Gasteiger partial charge in [-0.3, -0.25) is 4.98 Å². The largest absolute Gasteiger partial charge is 0.305 e. The van der Waals surface area contributed by atoms with Gasteiger partial charge in [-0.15, -0.1) is 11.3 Å². The number of pyridine rings is 1. The first-order valence-electron chi connectivity index (χ1n) is 11.2. The number of aromatic nitrogens is 3. The van der Waals surface area contributed by atoms with Gasteiger partial charge in [-0.25, -0.2) is 13.1 Å². The predicted octanol–water partition coefficient (Wildman–Crippen LogP) is 6.01. The standard InChI is InChI=1S/C27H23ClN4O2S2/c1-36(33,34)22-9-6-7-19(15-22)26-12-13-27(35-26)25-16-21(18-29-17-20-8-4-5-14-30-20)31-32(25)24-11-3-2-10-23(24)28/h2-16,29H,17-18H2,1H3. The van der Waals surface area contributed by atoms with Gasteiger partial charge in [-0.2, -0.15) is 5.10 Å². The Morgan fingerprint density at radius 2 is 1.67 bits per heavy atom. The Morgan fingerprint density at radius 3 is 2.44 bits per heavy atom. The normalized spacial score (nSPS) is 11.6. The lowest BCUT2D eigenvalue weighted by molar-refractivity contribution is 0.602. The molecule has 0 saturated heterocycles. The quantitative estimate of drug-likeness (QED) is 0.264. The molecule has 0 bridgehead atoms. The Morgan fingerprint density at radius 1 is 0.889 bits per heavy atom. The van der Waals surface area contributed by atoms with Gasteiger partial charge in [0, 0.05) is 30.4 Å². The highest BCUT2D eigenvalue weighted by Gasteiger charge is 2.17. The van der Waals surface area contributed by atoms with E-state index in [0.717, 1.165) is 38.1 Å². The number of thiophene rings is 1. The van der Waals surface area contributed by atoms with Crippen LogP contribution in [0.1, 0.15) is 11.4 Å². The number of hydrogen-bond donors (Lipinski definition) is 1. The molecular formula is C27H23ClN4O2S2. The topological polar surface area (TPSA) is 76.9 Å². The Hall–Kier alpha value is -3.30. The second kappa shape index (κ2) is 10.4. The Kier molecular flexibility index (Phi) is 7.02. The molecule has 5 rings (SSSR count). The summed E-state index contributed by atoms with van der Waals surface area (Å²) in [5, 5.41) is 8.86. The molecule has 0 spiro atoms. The molecule has 182 valence electrons. The summed E-state index contributed by atoms with van der Waals surface area (Å²) in [7, 11) is -3.29. The van der Waals surface area contributed by atoms with Crippen LogP contribution in [0.25, 0.3) is 26.7 Å². The maximum atomic E-state index is 12.0. The minimum absolute atomic E-state index is 0.303. The van der Waals surface area contributed by atoms with Crippen LogP contribution in [-0.4, -0.2) is 29.4 Å². The first kappa shape index (κ1) is 24.4. The van der Waals surface area contributed by atoms with Crippen molar-refractivity contribution in [1.82, 2.24) is 20.1 Å². The number of halogens is 1. The summed E-state index contributed by atoms with van der Waals surface area (Å²) in [5.41, 5.74) is 4.39. The molecule has 0 atom stereocenters. The van der Waals surface area contributed by atoms with Crippen molar-refractivity contribution in [2.24, 2.45) is 0 Å². The number of nitrogens with zero attached hydrogens (tertiary/aromatic N) is 3. The molecule has 0 radical (unpaired) electrons. The molecule has 3 heterocycles. The van der Waals surface area contributed by atoms with E-state index in [-0.39, 0.29) is 0 Å². The highest BCUT2D eigenvalue weighted by molar-refractivity contribution is 7.90. The van der Waals surface area contributed by atoms with Crippen LogP contribution in [0.15, 0.2) is 96.0 Å². The van der Waals surface area contributed by atoms with E-state index in [0.29, 0.717) is 23.0 Å². The van der Waals surface area contributed by atoms with E-state index in [2.05, 4.69) is 16.4 Å². The summed E-state index contributed by atoms with van der Waals surface area (Å²) in [6.07, 6.45) is 3.00. The summed E-state index contributed by atoms with van der Waals surface area (Å²) in [4.78, 5) is 6.62. The van der Waals surface area contributed by atoms with Crippen molar-refractivity contribution in [1.29, 1.82) is 0 Å². The number of para-hydroxylation sites is 1. The van der Waals surface area contributed by atoms with Crippen LogP contribution >= 0.6 is 22.9 Å². The smallest absolute Gasteiger partial charge is 0.175 e. The molecule has 0 aliphatic heterocycles. The predicted molar refractivity (Wildman–Crippen MR) is 145 cm³/mol. The summed E-state index contributed by atoms with van der Waals surface area (Å²) in [6, 6.07) is 26.6. The zero-order valence-electron chi connectivity index (χ0n) is 19.4. The van der Waals surface area contributed by atoms with Crippen LogP contribution in [0.5, 0.6) is 0 Å². The molecule has 0 aliphatic carbocycles. The van der Waals surface area contributed by atoms with Crippen LogP contribution in [0.3, 0.4) is 0 Å². The van der Waals surface area contributed by atoms with Crippen LogP contribution in [-0.2, 0) is 22.9 Å². The lowest BCUT2D eigenvalue weighted by atomic mass is 10.2. The van der Waals surface area contributed by atoms with Gasteiger partial charge in [-0.05, 0) is 60.2 Å². The van der Waals surface area contributed by atoms with Crippen molar-refractivity contribution in [3.63, 3.8) is 0 Å². The van der Waals surface area contributed by atoms with Gasteiger partial charge in [0.2, 0.25) is 0 Å². The van der Waals surface area contributed by atoms with Gasteiger partial charge in [0.15, 0.2) is 9.84 Å². The van der Waals surface area contributed by atoms with E-state index in [9.17, 15) is 8.42 Å². The SMILES string of the molecule is CS(=O)(=O)c1cccc(-c2ccc(-c3cc(CNCc4ccccn4)nn3-c3ccccc3Cl)s2)c1. The molecule has 0 unspecified atom stereocenters. The second-order valence-electron chi connectivity index (χ2n) is 8.27. The summed E-state index contributed by atoms with van der Waals surface area (Å²) in [5.74, 6) is 0. The number of rotatable bonds is 8. The van der Waals surface area contributed by atoms with E-state index < -0.39 is 9.84 Å². The second-order valence-corrected chi connectivity index (χ2v) is 11.8. The van der Waals surface area contributed by atoms with E-state index >= 15 is 0 Å². The van der Waals surface area contributed by atoms with Crippen molar-refractivity contribution < 1.29 is 8.42 Å². The summed E-state index contributed by atoms with van der Waals surface area (Å²) < 4.78 is 25.9. The molecule has 2 aromatic carbocycles. The molecule has 0 amide bonds. The lowest BCUT2D eigenvalue weighted by Crippen LogP contribution is -2.14. The van der Waals surface area contributed by atoms with Gasteiger partial charge in [-0.1, -0.05) is 41.9 Å². The lowest BCUT2D eigenvalue weighted by Gasteiger charge is -2.08. The third-order valence-corrected chi connectivity index (χ3v) is 8.17. The summed E-state index contributed by atoms with van der Waals surface area (Å²) >= 11 is 8.11. The van der Waals surface area contributed by atoms with Crippen molar-refractivity contribution in [3.8, 4) is 26.7 Å². The molecule has 0 saturated carbocycles. The van der Waals surface area contributed by atoms with Crippen LogP contribution in [0, 0.1) is 0 Å². The number of benzene rings is 2. The summed E-state index contributed by atoms with van der Waals surface area (Å²) in [6.45, 7) is 1.20. The average Bonchev–Trinajstić information content (AvgIpc) is 3.52. The number of nitrogens with one attached hydrogen (secondary N) is 1. The van der Waals surface area contributed by atoms with Crippen molar-refractivity contribution in [3.05, 3.63) is 108 Å². The van der Waals surface area contributed by atoms with Crippen molar-refractivity contribution >= 4 is 32.8 Å². The first-order valence-corrected chi connectivity index (χ1v) is 14.3. The molecule has 5 aromatic rings. The van der Waals surface area contributed by atoms with Gasteiger partial charge >= 0.3 is 0 Å². The first-order chi connectivity index (χ1) is 17.4. The van der Waals surface area contributed by atoms with Gasteiger partial charge in [0.05, 0.1) is 37.6 Å². The van der Waals surface area contributed by atoms with Gasteiger partial charge in [0.1, 0.15) is 0 Å². The van der Waals surface area contributed by atoms with Gasteiger partial charge < -0.3 is 5.32 Å². The molecule has 9 heteroatoms. The fourth-order valence-electron chi connectivity index (χ4n) is 3.83. The van der Waals surface area contributed by atoms with Crippen molar-refractivity contribution in [2.75, 3.05) is 6.26 Å². The highest BCUT2D eigenvalue weighted by Crippen LogP contribution is 2.37. The van der Waals surface area contributed by atoms with E-state index in [1.807, 2.05) is 65.3 Å². The third kappa shape index (κ3) is 5.42. The zero-order chi connectivity index (χ0) is 25.1. The molecule has 0 aliphatic rings. The molecule has 36 heavy (non-hydrogen) atoms. The maximum absolute atomic E-state index is 12.0. The fourth-order valence-corrected chi connectivity index (χ4v) is 5.72. The number of hydrogen-bond acceptors (Lipinski definition) is 6. The monoisotopic (exact) mass is 534 g/mol. The molecule has 6 nitrogen and oxygen atoms in total. The third-order valence-electron chi connectivity index (χ3n) is 5.58. The average molecular weight is 535 g/mol. The van der Waals surface area contributed by atoms with E-state index in [4.69, 9.17) is 16.7 Å². The van der Waals surface area contributed by atoms with Crippen LogP contribution in [0.4, 0.5) is 0 Å². The minimum atomic E-state index is -3.29. The van der Waals surface area contributed by atoms with Crippen LogP contribution in [0.2, 0.25) is 5.02 Å². The Balaban J connectivity index is 1.48. The van der Waals surface area contributed by atoms with Crippen LogP contribution < -0.4 is 5.32 Å². The van der Waals surface area contributed by atoms with E-state index in [1.54, 1.807) is 35.7 Å².